The lowest BCUT2D eigenvalue weighted by atomic mass is 10.00. The molecule has 30 heavy (non-hydrogen) atoms. The van der Waals surface area contributed by atoms with E-state index in [4.69, 9.17) is 13.9 Å². The maximum atomic E-state index is 12.4. The van der Waals surface area contributed by atoms with E-state index >= 15 is 0 Å². The van der Waals surface area contributed by atoms with Gasteiger partial charge in [0.15, 0.2) is 0 Å². The molecule has 0 atom stereocenters. The number of rotatable bonds is 4. The summed E-state index contributed by atoms with van der Waals surface area (Å²) in [5, 5.41) is 2.49. The molecule has 5 heteroatoms. The molecule has 0 spiro atoms. The topological polar surface area (TPSA) is 51.9 Å². The smallest absolute Gasteiger partial charge is 0.344 e. The first-order valence-electron chi connectivity index (χ1n) is 10.1. The van der Waals surface area contributed by atoms with E-state index in [9.17, 15) is 4.79 Å². The highest BCUT2D eigenvalue weighted by Gasteiger charge is 2.23. The maximum absolute atomic E-state index is 12.4. The fourth-order valence-corrected chi connectivity index (χ4v) is 4.25. The van der Waals surface area contributed by atoms with Gasteiger partial charge in [0.2, 0.25) is 0 Å². The van der Waals surface area contributed by atoms with E-state index in [0.29, 0.717) is 17.7 Å². The van der Waals surface area contributed by atoms with Crippen LogP contribution in [-0.2, 0) is 13.0 Å². The molecule has 3 aromatic carbocycles. The Labute approximate surface area is 174 Å². The molecule has 2 heterocycles. The van der Waals surface area contributed by atoms with Crippen LogP contribution in [0.1, 0.15) is 16.7 Å². The molecule has 1 aliphatic heterocycles. The van der Waals surface area contributed by atoms with Crippen molar-refractivity contribution in [2.75, 3.05) is 20.4 Å². The van der Waals surface area contributed by atoms with Crippen molar-refractivity contribution in [3.63, 3.8) is 0 Å². The van der Waals surface area contributed by atoms with Crippen molar-refractivity contribution in [3.8, 4) is 11.5 Å². The van der Waals surface area contributed by atoms with Crippen LogP contribution in [0.4, 0.5) is 0 Å². The second kappa shape index (κ2) is 7.50. The zero-order valence-corrected chi connectivity index (χ0v) is 17.1. The summed E-state index contributed by atoms with van der Waals surface area (Å²) in [5.74, 6) is 1.71. The quantitative estimate of drug-likeness (QED) is 0.368. The van der Waals surface area contributed by atoms with Crippen LogP contribution in [0.3, 0.4) is 0 Å². The molecule has 4 aromatic rings. The maximum Gasteiger partial charge on any atom is 0.344 e. The van der Waals surface area contributed by atoms with Crippen LogP contribution in [-0.4, -0.2) is 25.3 Å². The Morgan fingerprint density at radius 2 is 1.87 bits per heavy atom. The van der Waals surface area contributed by atoms with Crippen molar-refractivity contribution >= 4 is 21.7 Å². The predicted molar refractivity (Wildman–Crippen MR) is 117 cm³/mol. The summed E-state index contributed by atoms with van der Waals surface area (Å²) in [6.45, 7) is 4.16. The molecular weight excluding hydrogens is 378 g/mol. The first-order chi connectivity index (χ1) is 14.6. The first-order valence-corrected chi connectivity index (χ1v) is 10.1. The van der Waals surface area contributed by atoms with E-state index in [0.717, 1.165) is 52.9 Å². The van der Waals surface area contributed by atoms with Crippen LogP contribution in [0.2, 0.25) is 0 Å². The summed E-state index contributed by atoms with van der Waals surface area (Å²) in [6, 6.07) is 17.9. The monoisotopic (exact) mass is 401 g/mol. The van der Waals surface area contributed by atoms with Gasteiger partial charge in [-0.05, 0) is 48.6 Å². The molecule has 0 aliphatic carbocycles. The SMILES string of the molecule is COc1cccc(CCN2COc3c(cc4c(oc(=O)c5ccccc54)c3C)C2)c1. The molecule has 0 radical (unpaired) electrons. The molecule has 152 valence electrons. The Bertz CT molecular complexity index is 1310. The number of hydrogen-bond acceptors (Lipinski definition) is 5. The molecule has 1 aromatic heterocycles. The molecule has 0 N–H and O–H groups in total. The van der Waals surface area contributed by atoms with Crippen LogP contribution in [0, 0.1) is 6.92 Å². The highest BCUT2D eigenvalue weighted by atomic mass is 16.5. The third-order valence-electron chi connectivity index (χ3n) is 5.80. The van der Waals surface area contributed by atoms with Gasteiger partial charge in [0.25, 0.3) is 0 Å². The van der Waals surface area contributed by atoms with Gasteiger partial charge < -0.3 is 13.9 Å². The van der Waals surface area contributed by atoms with Crippen LogP contribution >= 0.6 is 0 Å². The van der Waals surface area contributed by atoms with Gasteiger partial charge in [-0.25, -0.2) is 4.79 Å². The van der Waals surface area contributed by atoms with Gasteiger partial charge >= 0.3 is 5.63 Å². The van der Waals surface area contributed by atoms with Crippen LogP contribution in [0.25, 0.3) is 21.7 Å². The predicted octanol–water partition coefficient (Wildman–Crippen LogP) is 4.66. The highest BCUT2D eigenvalue weighted by Crippen LogP contribution is 2.36. The summed E-state index contributed by atoms with van der Waals surface area (Å²) >= 11 is 0. The van der Waals surface area contributed by atoms with Crippen molar-refractivity contribution in [3.05, 3.63) is 81.7 Å². The van der Waals surface area contributed by atoms with Crippen molar-refractivity contribution in [1.82, 2.24) is 4.90 Å². The number of ether oxygens (including phenoxy) is 2. The molecule has 0 amide bonds. The van der Waals surface area contributed by atoms with Gasteiger partial charge in [-0.15, -0.1) is 0 Å². The standard InChI is InChI=1S/C25H23NO4/c1-16-23-18(13-22-20-8-3-4-9-21(20)25(27)30-24(16)22)14-26(15-29-23)11-10-17-6-5-7-19(12-17)28-2/h3-9,12-13H,10-11,14-15H2,1-2H3. The minimum atomic E-state index is -0.308. The van der Waals surface area contributed by atoms with Crippen LogP contribution in [0.15, 0.2) is 63.8 Å². The molecular formula is C25H23NO4. The minimum absolute atomic E-state index is 0.308. The van der Waals surface area contributed by atoms with Gasteiger partial charge in [-0.1, -0.05) is 30.3 Å². The molecule has 0 saturated carbocycles. The largest absolute Gasteiger partial charge is 0.497 e. The summed E-state index contributed by atoms with van der Waals surface area (Å²) in [6.07, 6.45) is 0.917. The average molecular weight is 401 g/mol. The Balaban J connectivity index is 1.47. The van der Waals surface area contributed by atoms with Gasteiger partial charge in [-0.3, -0.25) is 4.90 Å². The summed E-state index contributed by atoms with van der Waals surface area (Å²) in [7, 11) is 1.69. The Morgan fingerprint density at radius 3 is 2.70 bits per heavy atom. The Hall–Kier alpha value is -3.31. The van der Waals surface area contributed by atoms with E-state index < -0.39 is 0 Å². The fraction of sp³-hybridized carbons (Fsp3) is 0.240. The lowest BCUT2D eigenvalue weighted by molar-refractivity contribution is 0.0959. The van der Waals surface area contributed by atoms with Crippen molar-refractivity contribution in [2.24, 2.45) is 0 Å². The molecule has 0 fully saturated rings. The zero-order valence-electron chi connectivity index (χ0n) is 17.1. The number of aryl methyl sites for hydroxylation is 1. The van der Waals surface area contributed by atoms with Gasteiger partial charge in [0, 0.05) is 29.6 Å². The minimum Gasteiger partial charge on any atom is -0.497 e. The molecule has 5 rings (SSSR count). The number of nitrogens with zero attached hydrogens (tertiary/aromatic N) is 1. The zero-order chi connectivity index (χ0) is 20.7. The number of hydrogen-bond donors (Lipinski definition) is 0. The van der Waals surface area contributed by atoms with Crippen LogP contribution in [0.5, 0.6) is 11.5 Å². The van der Waals surface area contributed by atoms with E-state index in [-0.39, 0.29) is 5.63 Å². The number of fused-ring (bicyclic) bond motifs is 4. The molecule has 0 saturated heterocycles. The lowest BCUT2D eigenvalue weighted by Gasteiger charge is -2.30. The van der Waals surface area contributed by atoms with Crippen molar-refractivity contribution in [2.45, 2.75) is 19.9 Å². The van der Waals surface area contributed by atoms with E-state index in [1.54, 1.807) is 7.11 Å². The Morgan fingerprint density at radius 1 is 1.03 bits per heavy atom. The molecule has 5 nitrogen and oxygen atoms in total. The Kier molecular flexibility index (Phi) is 4.68. The van der Waals surface area contributed by atoms with Crippen LogP contribution < -0.4 is 15.1 Å². The van der Waals surface area contributed by atoms with Crippen molar-refractivity contribution in [1.29, 1.82) is 0 Å². The van der Waals surface area contributed by atoms with E-state index in [2.05, 4.69) is 23.1 Å². The van der Waals surface area contributed by atoms with Crippen molar-refractivity contribution < 1.29 is 13.9 Å². The highest BCUT2D eigenvalue weighted by molar-refractivity contribution is 6.06. The average Bonchev–Trinajstić information content (AvgIpc) is 2.79. The normalized spacial score (nSPS) is 13.9. The lowest BCUT2D eigenvalue weighted by Crippen LogP contribution is -2.34. The third kappa shape index (κ3) is 3.21. The van der Waals surface area contributed by atoms with E-state index in [1.807, 2.05) is 43.3 Å². The second-order valence-electron chi connectivity index (χ2n) is 7.73. The molecule has 1 aliphatic rings. The van der Waals surface area contributed by atoms with Gasteiger partial charge in [-0.2, -0.15) is 0 Å². The summed E-state index contributed by atoms with van der Waals surface area (Å²) in [5.41, 5.74) is 3.55. The number of methoxy groups -OCH3 is 1. The first kappa shape index (κ1) is 18.7. The van der Waals surface area contributed by atoms with Gasteiger partial charge in [0.05, 0.1) is 12.5 Å². The summed E-state index contributed by atoms with van der Waals surface area (Å²) < 4.78 is 17.1. The fourth-order valence-electron chi connectivity index (χ4n) is 4.25. The van der Waals surface area contributed by atoms with Gasteiger partial charge in [0.1, 0.15) is 23.8 Å². The van der Waals surface area contributed by atoms with E-state index in [1.165, 1.54) is 5.56 Å². The molecule has 0 bridgehead atoms. The third-order valence-corrected chi connectivity index (χ3v) is 5.80. The summed E-state index contributed by atoms with van der Waals surface area (Å²) in [4.78, 5) is 14.7. The number of benzene rings is 3. The second-order valence-corrected chi connectivity index (χ2v) is 7.73. The molecule has 0 unspecified atom stereocenters.